The number of anilines is 1. The molecular weight excluding hydrogens is 388 g/mol. The van der Waals surface area contributed by atoms with E-state index in [0.29, 0.717) is 34.3 Å². The van der Waals surface area contributed by atoms with Crippen molar-refractivity contribution < 1.29 is 23.8 Å². The zero-order valence-electron chi connectivity index (χ0n) is 17.5. The number of carbonyl (C=O) groups excluding carboxylic acids is 2. The number of fused-ring (bicyclic) bond motifs is 1. The number of hydrogen-bond donors (Lipinski definition) is 2. The van der Waals surface area contributed by atoms with Crippen LogP contribution in [-0.2, 0) is 11.8 Å². The van der Waals surface area contributed by atoms with E-state index in [9.17, 15) is 9.59 Å². The molecule has 2 N–H and O–H groups in total. The van der Waals surface area contributed by atoms with Crippen molar-refractivity contribution in [1.29, 1.82) is 0 Å². The van der Waals surface area contributed by atoms with Crippen LogP contribution in [0.3, 0.4) is 0 Å². The Labute approximate surface area is 173 Å². The second kappa shape index (κ2) is 8.73. The molecule has 0 aliphatic rings. The van der Waals surface area contributed by atoms with Crippen molar-refractivity contribution in [3.63, 3.8) is 0 Å². The number of hydrogen-bond acceptors (Lipinski definition) is 6. The van der Waals surface area contributed by atoms with Crippen LogP contribution in [0, 0.1) is 0 Å². The van der Waals surface area contributed by atoms with E-state index >= 15 is 0 Å². The lowest BCUT2D eigenvalue weighted by molar-refractivity contribution is -0.117. The van der Waals surface area contributed by atoms with Crippen LogP contribution in [0.4, 0.5) is 5.82 Å². The summed E-state index contributed by atoms with van der Waals surface area (Å²) in [6.07, 6.45) is 1.57. The first-order chi connectivity index (χ1) is 14.4. The fourth-order valence-corrected chi connectivity index (χ4v) is 3.21. The summed E-state index contributed by atoms with van der Waals surface area (Å²) in [6, 6.07) is 7.88. The van der Waals surface area contributed by atoms with Gasteiger partial charge in [0.2, 0.25) is 11.7 Å². The van der Waals surface area contributed by atoms with E-state index in [-0.39, 0.29) is 5.91 Å². The molecule has 0 fully saturated rings. The van der Waals surface area contributed by atoms with E-state index in [0.717, 1.165) is 5.39 Å². The standard InChI is InChI=1S/C21H24N4O5/c1-12(20(26)24-16-8-6-7-9-22-16)23-21(27)14-10-13-11-15(28-3)18(29-4)19(30-5)17(13)25(14)2/h6-12H,1-5H3,(H,23,27)(H,22,24,26)/t12-/m0/s1. The Hall–Kier alpha value is -3.75. The number of amides is 2. The molecule has 1 atom stereocenters. The molecule has 9 nitrogen and oxygen atoms in total. The number of methoxy groups -OCH3 is 3. The van der Waals surface area contributed by atoms with Crippen LogP contribution in [0.15, 0.2) is 36.5 Å². The van der Waals surface area contributed by atoms with Crippen LogP contribution in [0.1, 0.15) is 17.4 Å². The average molecular weight is 412 g/mol. The van der Waals surface area contributed by atoms with Crippen molar-refractivity contribution >= 4 is 28.5 Å². The molecule has 0 spiro atoms. The SMILES string of the molecule is COc1cc2cc(C(=O)N[C@@H](C)C(=O)Nc3ccccn3)n(C)c2c(OC)c1OC. The monoisotopic (exact) mass is 412 g/mol. The summed E-state index contributed by atoms with van der Waals surface area (Å²) in [5.41, 5.74) is 1.03. The second-order valence-corrected chi connectivity index (χ2v) is 6.57. The first kappa shape index (κ1) is 21.0. The normalized spacial score (nSPS) is 11.6. The summed E-state index contributed by atoms with van der Waals surface area (Å²) in [5.74, 6) is 1.01. The van der Waals surface area contributed by atoms with Crippen molar-refractivity contribution in [2.24, 2.45) is 7.05 Å². The van der Waals surface area contributed by atoms with Gasteiger partial charge in [-0.2, -0.15) is 0 Å². The molecular formula is C21H24N4O5. The number of benzene rings is 1. The zero-order chi connectivity index (χ0) is 21.8. The molecule has 3 aromatic rings. The highest BCUT2D eigenvalue weighted by Crippen LogP contribution is 2.44. The molecule has 0 aliphatic carbocycles. The van der Waals surface area contributed by atoms with Crippen LogP contribution < -0.4 is 24.8 Å². The molecule has 0 aliphatic heterocycles. The van der Waals surface area contributed by atoms with Crippen LogP contribution in [0.5, 0.6) is 17.2 Å². The number of pyridine rings is 1. The predicted octanol–water partition coefficient (Wildman–Crippen LogP) is 2.36. The Morgan fingerprint density at radius 2 is 1.80 bits per heavy atom. The van der Waals surface area contributed by atoms with Crippen LogP contribution >= 0.6 is 0 Å². The van der Waals surface area contributed by atoms with E-state index < -0.39 is 11.9 Å². The number of nitrogens with zero attached hydrogens (tertiary/aromatic N) is 2. The molecule has 158 valence electrons. The minimum absolute atomic E-state index is 0.357. The molecule has 2 amide bonds. The van der Waals surface area contributed by atoms with Gasteiger partial charge in [-0.15, -0.1) is 0 Å². The lowest BCUT2D eigenvalue weighted by Gasteiger charge is -2.15. The molecule has 2 heterocycles. The van der Waals surface area contributed by atoms with Crippen LogP contribution in [0.25, 0.3) is 10.9 Å². The largest absolute Gasteiger partial charge is 0.493 e. The number of carbonyl (C=O) groups is 2. The third kappa shape index (κ3) is 3.86. The minimum Gasteiger partial charge on any atom is -0.493 e. The van der Waals surface area contributed by atoms with Crippen LogP contribution in [0.2, 0.25) is 0 Å². The maximum Gasteiger partial charge on any atom is 0.268 e. The number of nitrogens with one attached hydrogen (secondary N) is 2. The topological polar surface area (TPSA) is 104 Å². The fraction of sp³-hybridized carbons (Fsp3) is 0.286. The molecule has 1 aromatic carbocycles. The van der Waals surface area contributed by atoms with Gasteiger partial charge in [0.1, 0.15) is 17.6 Å². The van der Waals surface area contributed by atoms with E-state index in [1.807, 2.05) is 0 Å². The fourth-order valence-electron chi connectivity index (χ4n) is 3.21. The Kier molecular flexibility index (Phi) is 6.10. The quantitative estimate of drug-likeness (QED) is 0.617. The highest BCUT2D eigenvalue weighted by molar-refractivity contribution is 6.04. The van der Waals surface area contributed by atoms with Crippen molar-refractivity contribution in [3.8, 4) is 17.2 Å². The van der Waals surface area contributed by atoms with Gasteiger partial charge in [-0.25, -0.2) is 4.98 Å². The number of ether oxygens (including phenoxy) is 3. The summed E-state index contributed by atoms with van der Waals surface area (Å²) in [5, 5.41) is 6.11. The number of aryl methyl sites for hydroxylation is 1. The predicted molar refractivity (Wildman–Crippen MR) is 112 cm³/mol. The van der Waals surface area contributed by atoms with Crippen molar-refractivity contribution in [2.75, 3.05) is 26.6 Å². The van der Waals surface area contributed by atoms with Crippen molar-refractivity contribution in [3.05, 3.63) is 42.2 Å². The Morgan fingerprint density at radius 3 is 2.40 bits per heavy atom. The van der Waals surface area contributed by atoms with Gasteiger partial charge in [0.05, 0.1) is 26.8 Å². The smallest absolute Gasteiger partial charge is 0.268 e. The molecule has 0 saturated heterocycles. The maximum atomic E-state index is 12.9. The summed E-state index contributed by atoms with van der Waals surface area (Å²) in [4.78, 5) is 29.3. The maximum absolute atomic E-state index is 12.9. The minimum atomic E-state index is -0.775. The zero-order valence-corrected chi connectivity index (χ0v) is 17.5. The molecule has 0 radical (unpaired) electrons. The summed E-state index contributed by atoms with van der Waals surface area (Å²) < 4.78 is 18.0. The third-order valence-corrected chi connectivity index (χ3v) is 4.71. The third-order valence-electron chi connectivity index (χ3n) is 4.71. The number of aromatic nitrogens is 2. The molecule has 2 aromatic heterocycles. The molecule has 3 rings (SSSR count). The van der Waals surface area contributed by atoms with Gasteiger partial charge >= 0.3 is 0 Å². The van der Waals surface area contributed by atoms with Crippen molar-refractivity contribution in [2.45, 2.75) is 13.0 Å². The first-order valence-corrected chi connectivity index (χ1v) is 9.22. The van der Waals surface area contributed by atoms with Gasteiger partial charge < -0.3 is 29.4 Å². The molecule has 9 heteroatoms. The summed E-state index contributed by atoms with van der Waals surface area (Å²) >= 11 is 0. The Bertz CT molecular complexity index is 1080. The van der Waals surface area contributed by atoms with Crippen LogP contribution in [-0.4, -0.2) is 48.7 Å². The van der Waals surface area contributed by atoms with Gasteiger partial charge in [-0.1, -0.05) is 6.07 Å². The Balaban J connectivity index is 1.88. The van der Waals surface area contributed by atoms with Gasteiger partial charge in [0.15, 0.2) is 11.5 Å². The first-order valence-electron chi connectivity index (χ1n) is 9.22. The lowest BCUT2D eigenvalue weighted by Crippen LogP contribution is -2.42. The summed E-state index contributed by atoms with van der Waals surface area (Å²) in [7, 11) is 6.31. The Morgan fingerprint density at radius 1 is 1.07 bits per heavy atom. The number of rotatable bonds is 7. The van der Waals surface area contributed by atoms with Gasteiger partial charge in [0, 0.05) is 18.6 Å². The van der Waals surface area contributed by atoms with Crippen molar-refractivity contribution in [1.82, 2.24) is 14.9 Å². The van der Waals surface area contributed by atoms with E-state index in [4.69, 9.17) is 14.2 Å². The summed E-state index contributed by atoms with van der Waals surface area (Å²) in [6.45, 7) is 1.60. The van der Waals surface area contributed by atoms with Gasteiger partial charge in [-0.3, -0.25) is 9.59 Å². The van der Waals surface area contributed by atoms with E-state index in [2.05, 4.69) is 15.6 Å². The van der Waals surface area contributed by atoms with Gasteiger partial charge in [0.25, 0.3) is 5.91 Å². The van der Waals surface area contributed by atoms with E-state index in [1.54, 1.807) is 55.1 Å². The second-order valence-electron chi connectivity index (χ2n) is 6.57. The molecule has 30 heavy (non-hydrogen) atoms. The molecule has 0 saturated carbocycles. The molecule has 0 unspecified atom stereocenters. The molecule has 0 bridgehead atoms. The van der Waals surface area contributed by atoms with E-state index in [1.165, 1.54) is 21.3 Å². The lowest BCUT2D eigenvalue weighted by atomic mass is 10.2. The highest BCUT2D eigenvalue weighted by atomic mass is 16.5. The highest BCUT2D eigenvalue weighted by Gasteiger charge is 2.24. The van der Waals surface area contributed by atoms with Gasteiger partial charge in [-0.05, 0) is 31.2 Å². The average Bonchev–Trinajstić information content (AvgIpc) is 3.09.